The molecule has 0 saturated carbocycles. The number of benzene rings is 1. The first-order chi connectivity index (χ1) is 8.20. The van der Waals surface area contributed by atoms with Crippen molar-refractivity contribution < 1.29 is 0 Å². The van der Waals surface area contributed by atoms with Gasteiger partial charge in [-0.25, -0.2) is 4.98 Å². The average Bonchev–Trinajstić information content (AvgIpc) is 2.82. The molecule has 0 fully saturated rings. The lowest BCUT2D eigenvalue weighted by atomic mass is 10.0. The fraction of sp³-hybridized carbons (Fsp3) is 0.308. The first-order valence-corrected chi connectivity index (χ1v) is 6.11. The zero-order valence-electron chi connectivity index (χ0n) is 9.81. The normalized spacial score (nSPS) is 12.6. The topological polar surface area (TPSA) is 43.8 Å². The standard InChI is InChI=1S/C13H16ClN3/c1-2-11(15)7-10-3-4-13(12(14)8-10)17-6-5-16-9-17/h3-6,8-9,11H,2,7,15H2,1H3. The minimum atomic E-state index is 0.199. The molecule has 2 rings (SSSR count). The van der Waals surface area contributed by atoms with Crippen LogP contribution in [0.4, 0.5) is 0 Å². The Kier molecular flexibility index (Phi) is 3.82. The summed E-state index contributed by atoms with van der Waals surface area (Å²) >= 11 is 6.26. The van der Waals surface area contributed by atoms with Gasteiger partial charge in [-0.15, -0.1) is 0 Å². The van der Waals surface area contributed by atoms with E-state index in [0.29, 0.717) is 0 Å². The number of nitrogens with zero attached hydrogens (tertiary/aromatic N) is 2. The molecular weight excluding hydrogens is 234 g/mol. The van der Waals surface area contributed by atoms with Crippen LogP contribution in [0.5, 0.6) is 0 Å². The van der Waals surface area contributed by atoms with Gasteiger partial charge in [0.25, 0.3) is 0 Å². The van der Waals surface area contributed by atoms with Crippen molar-refractivity contribution >= 4 is 11.6 Å². The molecule has 0 aliphatic carbocycles. The van der Waals surface area contributed by atoms with Crippen LogP contribution in [0.15, 0.2) is 36.9 Å². The summed E-state index contributed by atoms with van der Waals surface area (Å²) in [4.78, 5) is 4.01. The second kappa shape index (κ2) is 5.34. The van der Waals surface area contributed by atoms with Crippen LogP contribution in [-0.2, 0) is 6.42 Å². The van der Waals surface area contributed by atoms with Crippen molar-refractivity contribution in [3.63, 3.8) is 0 Å². The van der Waals surface area contributed by atoms with Crippen LogP contribution >= 0.6 is 11.6 Å². The SMILES string of the molecule is CCC(N)Cc1ccc(-n2ccnc2)c(Cl)c1. The quantitative estimate of drug-likeness (QED) is 0.906. The van der Waals surface area contributed by atoms with Crippen molar-refractivity contribution in [2.75, 3.05) is 0 Å². The van der Waals surface area contributed by atoms with Crippen LogP contribution in [0.2, 0.25) is 5.02 Å². The van der Waals surface area contributed by atoms with E-state index in [4.69, 9.17) is 17.3 Å². The zero-order valence-corrected chi connectivity index (χ0v) is 10.6. The predicted octanol–water partition coefficient (Wildman–Crippen LogP) is 2.81. The van der Waals surface area contributed by atoms with Crippen LogP contribution in [0.25, 0.3) is 5.69 Å². The fourth-order valence-corrected chi connectivity index (χ4v) is 2.04. The molecule has 0 spiro atoms. The minimum absolute atomic E-state index is 0.199. The number of hydrogen-bond acceptors (Lipinski definition) is 2. The lowest BCUT2D eigenvalue weighted by Crippen LogP contribution is -2.21. The van der Waals surface area contributed by atoms with Crippen LogP contribution in [0.1, 0.15) is 18.9 Å². The van der Waals surface area contributed by atoms with E-state index in [1.54, 1.807) is 12.5 Å². The Morgan fingerprint density at radius 3 is 2.88 bits per heavy atom. The van der Waals surface area contributed by atoms with Gasteiger partial charge in [0.2, 0.25) is 0 Å². The molecule has 1 heterocycles. The van der Waals surface area contributed by atoms with Crippen molar-refractivity contribution in [3.05, 3.63) is 47.5 Å². The number of halogens is 1. The Morgan fingerprint density at radius 1 is 1.47 bits per heavy atom. The highest BCUT2D eigenvalue weighted by Gasteiger charge is 2.06. The maximum absolute atomic E-state index is 6.26. The van der Waals surface area contributed by atoms with E-state index in [0.717, 1.165) is 23.6 Å². The molecule has 90 valence electrons. The lowest BCUT2D eigenvalue weighted by Gasteiger charge is -2.11. The molecule has 1 aromatic heterocycles. The largest absolute Gasteiger partial charge is 0.327 e. The Morgan fingerprint density at radius 2 is 2.29 bits per heavy atom. The Bertz CT molecular complexity index is 479. The highest BCUT2D eigenvalue weighted by Crippen LogP contribution is 2.22. The van der Waals surface area contributed by atoms with Gasteiger partial charge in [-0.3, -0.25) is 0 Å². The molecule has 1 atom stereocenters. The van der Waals surface area contributed by atoms with Crippen LogP contribution in [0, 0.1) is 0 Å². The van der Waals surface area contributed by atoms with E-state index >= 15 is 0 Å². The summed E-state index contributed by atoms with van der Waals surface area (Å²) in [7, 11) is 0. The third-order valence-corrected chi connectivity index (χ3v) is 3.12. The molecule has 0 saturated heterocycles. The lowest BCUT2D eigenvalue weighted by molar-refractivity contribution is 0.646. The van der Waals surface area contributed by atoms with Crippen LogP contribution in [0.3, 0.4) is 0 Å². The third kappa shape index (κ3) is 2.87. The molecule has 17 heavy (non-hydrogen) atoms. The van der Waals surface area contributed by atoms with Gasteiger partial charge < -0.3 is 10.3 Å². The average molecular weight is 250 g/mol. The number of rotatable bonds is 4. The molecule has 4 heteroatoms. The fourth-order valence-electron chi connectivity index (χ4n) is 1.74. The van der Waals surface area contributed by atoms with Crippen molar-refractivity contribution in [3.8, 4) is 5.69 Å². The highest BCUT2D eigenvalue weighted by molar-refractivity contribution is 6.32. The summed E-state index contributed by atoms with van der Waals surface area (Å²) in [5.74, 6) is 0. The number of nitrogens with two attached hydrogens (primary N) is 1. The Hall–Kier alpha value is -1.32. The van der Waals surface area contributed by atoms with E-state index in [1.165, 1.54) is 5.56 Å². The van der Waals surface area contributed by atoms with E-state index < -0.39 is 0 Å². The third-order valence-electron chi connectivity index (χ3n) is 2.82. The molecule has 0 aliphatic rings. The van der Waals surface area contributed by atoms with Gasteiger partial charge in [0.1, 0.15) is 0 Å². The van der Waals surface area contributed by atoms with Gasteiger partial charge in [0.05, 0.1) is 17.0 Å². The van der Waals surface area contributed by atoms with Gasteiger partial charge in [-0.05, 0) is 30.5 Å². The van der Waals surface area contributed by atoms with Crippen molar-refractivity contribution in [1.82, 2.24) is 9.55 Å². The van der Waals surface area contributed by atoms with Crippen LogP contribution in [-0.4, -0.2) is 15.6 Å². The van der Waals surface area contributed by atoms with E-state index in [2.05, 4.69) is 18.0 Å². The molecular formula is C13H16ClN3. The molecule has 2 N–H and O–H groups in total. The van der Waals surface area contributed by atoms with E-state index in [1.807, 2.05) is 22.9 Å². The molecule has 3 nitrogen and oxygen atoms in total. The highest BCUT2D eigenvalue weighted by atomic mass is 35.5. The summed E-state index contributed by atoms with van der Waals surface area (Å²) < 4.78 is 1.89. The molecule has 0 amide bonds. The summed E-state index contributed by atoms with van der Waals surface area (Å²) in [6.07, 6.45) is 7.18. The maximum atomic E-state index is 6.26. The molecule has 0 radical (unpaired) electrons. The van der Waals surface area contributed by atoms with Gasteiger partial charge in [-0.2, -0.15) is 0 Å². The minimum Gasteiger partial charge on any atom is -0.327 e. The Labute approximate surface area is 106 Å². The van der Waals surface area contributed by atoms with E-state index in [-0.39, 0.29) is 6.04 Å². The van der Waals surface area contributed by atoms with Crippen LogP contribution < -0.4 is 5.73 Å². The predicted molar refractivity (Wildman–Crippen MR) is 70.5 cm³/mol. The molecule has 0 aliphatic heterocycles. The molecule has 2 aromatic rings. The summed E-state index contributed by atoms with van der Waals surface area (Å²) in [5, 5.41) is 0.726. The van der Waals surface area contributed by atoms with E-state index in [9.17, 15) is 0 Å². The molecule has 0 bridgehead atoms. The smallest absolute Gasteiger partial charge is 0.0992 e. The van der Waals surface area contributed by atoms with Gasteiger partial charge in [0.15, 0.2) is 0 Å². The number of aromatic nitrogens is 2. The van der Waals surface area contributed by atoms with Gasteiger partial charge in [0, 0.05) is 18.4 Å². The Balaban J connectivity index is 2.23. The molecule has 1 aromatic carbocycles. The summed E-state index contributed by atoms with van der Waals surface area (Å²) in [5.41, 5.74) is 8.05. The maximum Gasteiger partial charge on any atom is 0.0992 e. The number of hydrogen-bond donors (Lipinski definition) is 1. The second-order valence-corrected chi connectivity index (χ2v) is 4.54. The van der Waals surface area contributed by atoms with Gasteiger partial charge in [-0.1, -0.05) is 24.6 Å². The van der Waals surface area contributed by atoms with Crippen molar-refractivity contribution in [1.29, 1.82) is 0 Å². The second-order valence-electron chi connectivity index (χ2n) is 4.13. The van der Waals surface area contributed by atoms with Crippen molar-refractivity contribution in [2.24, 2.45) is 5.73 Å². The summed E-state index contributed by atoms with van der Waals surface area (Å²) in [6, 6.07) is 6.25. The van der Waals surface area contributed by atoms with Crippen molar-refractivity contribution in [2.45, 2.75) is 25.8 Å². The monoisotopic (exact) mass is 249 g/mol. The zero-order chi connectivity index (χ0) is 12.3. The molecule has 1 unspecified atom stereocenters. The van der Waals surface area contributed by atoms with Gasteiger partial charge >= 0.3 is 0 Å². The first-order valence-electron chi connectivity index (χ1n) is 5.73. The first kappa shape index (κ1) is 12.1. The number of imidazole rings is 1. The summed E-state index contributed by atoms with van der Waals surface area (Å²) in [6.45, 7) is 2.09.